The van der Waals surface area contributed by atoms with E-state index >= 15 is 0 Å². The van der Waals surface area contributed by atoms with Crippen molar-refractivity contribution in [3.05, 3.63) is 34.3 Å². The number of amides is 2. The lowest BCUT2D eigenvalue weighted by Crippen LogP contribution is -2.41. The molecule has 27 heavy (non-hydrogen) atoms. The Balaban J connectivity index is 2.74. The third-order valence-electron chi connectivity index (χ3n) is 3.38. The smallest absolute Gasteiger partial charge is 0.407 e. The van der Waals surface area contributed by atoms with Crippen molar-refractivity contribution in [1.82, 2.24) is 10.2 Å². The van der Waals surface area contributed by atoms with Gasteiger partial charge in [-0.2, -0.15) is 0 Å². The summed E-state index contributed by atoms with van der Waals surface area (Å²) in [5.74, 6) is -0.878. The van der Waals surface area contributed by atoms with Crippen molar-refractivity contribution in [1.29, 1.82) is 0 Å². The molecule has 0 aliphatic rings. The van der Waals surface area contributed by atoms with Crippen LogP contribution in [-0.4, -0.2) is 55.2 Å². The molecular formula is C19H27BrN2O5. The van der Waals surface area contributed by atoms with E-state index in [0.29, 0.717) is 6.42 Å². The van der Waals surface area contributed by atoms with Crippen molar-refractivity contribution in [3.8, 4) is 0 Å². The number of rotatable bonds is 7. The van der Waals surface area contributed by atoms with E-state index in [-0.39, 0.29) is 18.9 Å². The second-order valence-corrected chi connectivity index (χ2v) is 8.24. The van der Waals surface area contributed by atoms with Gasteiger partial charge in [0.15, 0.2) is 6.61 Å². The quantitative estimate of drug-likeness (QED) is 0.656. The molecule has 0 unspecified atom stereocenters. The molecule has 0 saturated carbocycles. The van der Waals surface area contributed by atoms with Crippen LogP contribution in [0.2, 0.25) is 0 Å². The second kappa shape index (κ2) is 10.3. The summed E-state index contributed by atoms with van der Waals surface area (Å²) in [7, 11) is 3.16. The van der Waals surface area contributed by atoms with Gasteiger partial charge in [-0.3, -0.25) is 9.59 Å². The largest absolute Gasteiger partial charge is 0.456 e. The zero-order valence-corrected chi connectivity index (χ0v) is 18.0. The van der Waals surface area contributed by atoms with Crippen LogP contribution in [0.5, 0.6) is 0 Å². The Morgan fingerprint density at radius 2 is 1.74 bits per heavy atom. The minimum atomic E-state index is -0.648. The van der Waals surface area contributed by atoms with Crippen LogP contribution in [0.15, 0.2) is 28.7 Å². The number of hydrogen-bond donors (Lipinski definition) is 1. The van der Waals surface area contributed by atoms with Gasteiger partial charge in [0.2, 0.25) is 0 Å². The molecule has 150 valence electrons. The predicted molar refractivity (Wildman–Crippen MR) is 105 cm³/mol. The molecule has 8 heteroatoms. The molecule has 2 amide bonds. The number of halogens is 1. The van der Waals surface area contributed by atoms with Crippen LogP contribution < -0.4 is 5.32 Å². The Kier molecular flexibility index (Phi) is 8.75. The minimum Gasteiger partial charge on any atom is -0.456 e. The van der Waals surface area contributed by atoms with E-state index in [1.165, 1.54) is 4.90 Å². The van der Waals surface area contributed by atoms with E-state index in [4.69, 9.17) is 9.47 Å². The molecule has 0 saturated heterocycles. The van der Waals surface area contributed by atoms with Gasteiger partial charge in [0, 0.05) is 24.6 Å². The van der Waals surface area contributed by atoms with Gasteiger partial charge in [-0.15, -0.1) is 0 Å². The molecule has 1 rings (SSSR count). The van der Waals surface area contributed by atoms with Crippen molar-refractivity contribution < 1.29 is 23.9 Å². The molecule has 1 N–H and O–H groups in total. The maximum absolute atomic E-state index is 12.1. The highest BCUT2D eigenvalue weighted by molar-refractivity contribution is 9.10. The van der Waals surface area contributed by atoms with Crippen molar-refractivity contribution >= 4 is 33.9 Å². The van der Waals surface area contributed by atoms with Gasteiger partial charge in [-0.05, 0) is 44.9 Å². The summed E-state index contributed by atoms with van der Waals surface area (Å²) in [6, 6.07) is 7.04. The first-order chi connectivity index (χ1) is 12.5. The summed E-state index contributed by atoms with van der Waals surface area (Å²) >= 11 is 3.37. The van der Waals surface area contributed by atoms with E-state index in [1.54, 1.807) is 34.9 Å². The average molecular weight is 443 g/mol. The van der Waals surface area contributed by atoms with E-state index in [2.05, 4.69) is 21.2 Å². The summed E-state index contributed by atoms with van der Waals surface area (Å²) in [5.41, 5.74) is 0.293. The molecule has 0 aromatic heterocycles. The number of carbonyl (C=O) groups excluding carboxylic acids is 3. The zero-order chi connectivity index (χ0) is 20.6. The van der Waals surface area contributed by atoms with Crippen LogP contribution in [0.1, 0.15) is 32.8 Å². The van der Waals surface area contributed by atoms with Crippen LogP contribution in [0.25, 0.3) is 0 Å². The van der Waals surface area contributed by atoms with Crippen molar-refractivity contribution in [2.24, 2.45) is 0 Å². The van der Waals surface area contributed by atoms with E-state index in [0.717, 1.165) is 10.0 Å². The topological polar surface area (TPSA) is 84.9 Å². The number of ether oxygens (including phenoxy) is 2. The number of carbonyl (C=O) groups is 3. The van der Waals surface area contributed by atoms with E-state index in [9.17, 15) is 14.4 Å². The first-order valence-corrected chi connectivity index (χ1v) is 9.35. The van der Waals surface area contributed by atoms with Gasteiger partial charge < -0.3 is 19.7 Å². The Bertz CT molecular complexity index is 653. The van der Waals surface area contributed by atoms with Crippen molar-refractivity contribution in [2.75, 3.05) is 20.7 Å². The molecule has 1 atom stereocenters. The SMILES string of the molecule is CN(C)C(=O)COC(=O)C[C@@H](Cc1ccc(Br)cc1)NC(=O)OC(C)(C)C. The number of esters is 1. The Hall–Kier alpha value is -2.09. The molecule has 0 aliphatic carbocycles. The molecule has 7 nitrogen and oxygen atoms in total. The lowest BCUT2D eigenvalue weighted by atomic mass is 10.0. The number of benzene rings is 1. The lowest BCUT2D eigenvalue weighted by Gasteiger charge is -2.23. The van der Waals surface area contributed by atoms with Crippen molar-refractivity contribution in [3.63, 3.8) is 0 Å². The van der Waals surface area contributed by atoms with Crippen LogP contribution in [0.3, 0.4) is 0 Å². The number of nitrogens with zero attached hydrogens (tertiary/aromatic N) is 1. The van der Waals surface area contributed by atoms with Gasteiger partial charge in [-0.25, -0.2) is 4.79 Å². The van der Waals surface area contributed by atoms with Gasteiger partial charge in [-0.1, -0.05) is 28.1 Å². The summed E-state index contributed by atoms with van der Waals surface area (Å²) in [5, 5.41) is 2.71. The second-order valence-electron chi connectivity index (χ2n) is 7.33. The average Bonchev–Trinajstić information content (AvgIpc) is 2.52. The van der Waals surface area contributed by atoms with Crippen LogP contribution >= 0.6 is 15.9 Å². The fourth-order valence-corrected chi connectivity index (χ4v) is 2.35. The van der Waals surface area contributed by atoms with Crippen LogP contribution in [-0.2, 0) is 25.5 Å². The fourth-order valence-electron chi connectivity index (χ4n) is 2.08. The van der Waals surface area contributed by atoms with E-state index in [1.807, 2.05) is 24.3 Å². The Morgan fingerprint density at radius 1 is 1.15 bits per heavy atom. The van der Waals surface area contributed by atoms with Crippen LogP contribution in [0, 0.1) is 0 Å². The van der Waals surface area contributed by atoms with Crippen molar-refractivity contribution in [2.45, 2.75) is 45.3 Å². The Morgan fingerprint density at radius 3 is 2.26 bits per heavy atom. The fraction of sp³-hybridized carbons (Fsp3) is 0.526. The Labute approximate surface area is 168 Å². The first kappa shape index (κ1) is 23.0. The molecule has 0 bridgehead atoms. The summed E-state index contributed by atoms with van der Waals surface area (Å²) < 4.78 is 11.2. The highest BCUT2D eigenvalue weighted by Crippen LogP contribution is 2.14. The van der Waals surface area contributed by atoms with Gasteiger partial charge in [0.1, 0.15) is 5.60 Å². The molecule has 0 heterocycles. The number of nitrogens with one attached hydrogen (secondary N) is 1. The molecular weight excluding hydrogens is 416 g/mol. The predicted octanol–water partition coefficient (Wildman–Crippen LogP) is 2.91. The van der Waals surface area contributed by atoms with Gasteiger partial charge in [0.05, 0.1) is 6.42 Å². The third-order valence-corrected chi connectivity index (χ3v) is 3.91. The normalized spacial score (nSPS) is 12.1. The van der Waals surface area contributed by atoms with E-state index < -0.39 is 23.7 Å². The monoisotopic (exact) mass is 442 g/mol. The molecule has 0 aliphatic heterocycles. The number of alkyl carbamates (subject to hydrolysis) is 1. The highest BCUT2D eigenvalue weighted by Gasteiger charge is 2.23. The molecule has 0 radical (unpaired) electrons. The summed E-state index contributed by atoms with van der Waals surface area (Å²) in [6.45, 7) is 4.95. The van der Waals surface area contributed by atoms with Crippen LogP contribution in [0.4, 0.5) is 4.79 Å². The minimum absolute atomic E-state index is 0.0734. The summed E-state index contributed by atoms with van der Waals surface area (Å²) in [4.78, 5) is 37.1. The molecule has 0 spiro atoms. The standard InChI is InChI=1S/C19H27BrN2O5/c1-19(2,3)27-18(25)21-15(10-13-6-8-14(20)9-7-13)11-17(24)26-12-16(23)22(4)5/h6-9,15H,10-12H2,1-5H3,(H,21,25)/t15-/m1/s1. The molecule has 0 fully saturated rings. The highest BCUT2D eigenvalue weighted by atomic mass is 79.9. The maximum Gasteiger partial charge on any atom is 0.407 e. The number of likely N-dealkylation sites (N-methyl/N-ethyl adjacent to an activating group) is 1. The third kappa shape index (κ3) is 9.98. The summed E-state index contributed by atoms with van der Waals surface area (Å²) in [6.07, 6.45) is -0.263. The lowest BCUT2D eigenvalue weighted by molar-refractivity contribution is -0.151. The number of hydrogen-bond acceptors (Lipinski definition) is 5. The molecule has 1 aromatic carbocycles. The van der Waals surface area contributed by atoms with Gasteiger partial charge in [0.25, 0.3) is 5.91 Å². The molecule has 1 aromatic rings. The zero-order valence-electron chi connectivity index (χ0n) is 16.4. The first-order valence-electron chi connectivity index (χ1n) is 8.56. The van der Waals surface area contributed by atoms with Gasteiger partial charge >= 0.3 is 12.1 Å². The maximum atomic E-state index is 12.1.